The maximum Gasteiger partial charge on any atom is 0.228 e. The smallest absolute Gasteiger partial charge is 0.228 e. The lowest BCUT2D eigenvalue weighted by atomic mass is 10.2. The van der Waals surface area contributed by atoms with Crippen molar-refractivity contribution in [1.29, 1.82) is 0 Å². The van der Waals surface area contributed by atoms with E-state index in [0.29, 0.717) is 12.3 Å². The van der Waals surface area contributed by atoms with Crippen molar-refractivity contribution in [3.05, 3.63) is 30.1 Å². The summed E-state index contributed by atoms with van der Waals surface area (Å²) in [6.45, 7) is 4.77. The van der Waals surface area contributed by atoms with Gasteiger partial charge in [-0.15, -0.1) is 0 Å². The Morgan fingerprint density at radius 1 is 1.16 bits per heavy atom. The van der Waals surface area contributed by atoms with E-state index in [0.717, 1.165) is 19.6 Å². The van der Waals surface area contributed by atoms with Crippen LogP contribution >= 0.6 is 0 Å². The molecule has 4 heteroatoms. The van der Waals surface area contributed by atoms with Gasteiger partial charge >= 0.3 is 0 Å². The normalized spacial score (nSPS) is 15.5. The molecular weight excluding hydrogens is 304 g/mol. The fraction of sp³-hybridized carbons (Fsp3) is 0.600. The zero-order valence-electron chi connectivity index (χ0n) is 11.6. The quantitative estimate of drug-likeness (QED) is 0.659. The number of nitrogens with zero attached hydrogens (tertiary/aromatic N) is 2. The van der Waals surface area contributed by atoms with Crippen molar-refractivity contribution in [1.82, 2.24) is 4.90 Å². The molecule has 1 fully saturated rings. The summed E-state index contributed by atoms with van der Waals surface area (Å²) in [4.78, 5) is 14.1. The lowest BCUT2D eigenvalue weighted by Crippen LogP contribution is -3.00. The largest absolute Gasteiger partial charge is 1.00 e. The molecule has 0 spiro atoms. The molecule has 3 nitrogen and oxygen atoms in total. The summed E-state index contributed by atoms with van der Waals surface area (Å²) in [5.41, 5.74) is 1.25. The Labute approximate surface area is 126 Å². The first-order valence-corrected chi connectivity index (χ1v) is 6.99. The molecule has 1 saturated heterocycles. The van der Waals surface area contributed by atoms with Gasteiger partial charge in [0, 0.05) is 25.2 Å². The van der Waals surface area contributed by atoms with Gasteiger partial charge in [0.1, 0.15) is 0 Å². The van der Waals surface area contributed by atoms with E-state index in [4.69, 9.17) is 0 Å². The van der Waals surface area contributed by atoms with Crippen LogP contribution in [0.4, 0.5) is 0 Å². The fourth-order valence-electron chi connectivity index (χ4n) is 2.38. The maximum atomic E-state index is 12.1. The molecule has 0 bridgehead atoms. The first-order valence-electron chi connectivity index (χ1n) is 6.99. The number of hydrogen-bond acceptors (Lipinski definition) is 1. The van der Waals surface area contributed by atoms with Crippen LogP contribution in [0.15, 0.2) is 24.5 Å². The van der Waals surface area contributed by atoms with Crippen molar-refractivity contribution in [2.45, 2.75) is 45.6 Å². The molecule has 2 heterocycles. The van der Waals surface area contributed by atoms with Crippen molar-refractivity contribution in [2.75, 3.05) is 13.1 Å². The average molecular weight is 327 g/mol. The summed E-state index contributed by atoms with van der Waals surface area (Å²) in [6, 6.07) is 4.16. The molecule has 0 unspecified atom stereocenters. The number of halogens is 1. The molecule has 106 valence electrons. The molecule has 1 aliphatic heterocycles. The van der Waals surface area contributed by atoms with E-state index in [9.17, 15) is 4.79 Å². The molecule has 1 aromatic rings. The lowest BCUT2D eigenvalue weighted by molar-refractivity contribution is -0.696. The number of amides is 1. The molecule has 0 saturated carbocycles. The molecule has 1 aromatic heterocycles. The molecular formula is C15H23BrN2O. The van der Waals surface area contributed by atoms with Gasteiger partial charge in [-0.25, -0.2) is 4.57 Å². The van der Waals surface area contributed by atoms with E-state index in [1.54, 1.807) is 0 Å². The minimum atomic E-state index is 0. The van der Waals surface area contributed by atoms with Crippen LogP contribution in [0, 0.1) is 6.92 Å². The van der Waals surface area contributed by atoms with E-state index in [-0.39, 0.29) is 17.0 Å². The summed E-state index contributed by atoms with van der Waals surface area (Å²) in [7, 11) is 0. The number of carbonyl (C=O) groups excluding carboxylic acids is 1. The lowest BCUT2D eigenvalue weighted by Gasteiger charge is -2.19. The van der Waals surface area contributed by atoms with Crippen LogP contribution in [0.2, 0.25) is 0 Å². The van der Waals surface area contributed by atoms with Crippen LogP contribution in [0.1, 0.15) is 37.7 Å². The topological polar surface area (TPSA) is 24.2 Å². The Morgan fingerprint density at radius 2 is 1.74 bits per heavy atom. The predicted octanol–water partition coefficient (Wildman–Crippen LogP) is -0.921. The van der Waals surface area contributed by atoms with E-state index >= 15 is 0 Å². The third-order valence-corrected chi connectivity index (χ3v) is 3.60. The van der Waals surface area contributed by atoms with E-state index < -0.39 is 0 Å². The van der Waals surface area contributed by atoms with Gasteiger partial charge in [-0.1, -0.05) is 12.8 Å². The second-order valence-corrected chi connectivity index (χ2v) is 5.16. The molecule has 0 aliphatic carbocycles. The number of carbonyl (C=O) groups is 1. The molecule has 1 aliphatic rings. The van der Waals surface area contributed by atoms with Crippen LogP contribution in [0.5, 0.6) is 0 Å². The molecule has 2 rings (SSSR count). The van der Waals surface area contributed by atoms with Crippen LogP contribution in [0.3, 0.4) is 0 Å². The highest BCUT2D eigenvalue weighted by atomic mass is 79.9. The average Bonchev–Trinajstić information content (AvgIpc) is 2.66. The third kappa shape index (κ3) is 5.31. The van der Waals surface area contributed by atoms with Gasteiger partial charge in [-0.05, 0) is 25.3 Å². The number of aromatic nitrogens is 1. The Morgan fingerprint density at radius 3 is 2.32 bits per heavy atom. The van der Waals surface area contributed by atoms with Gasteiger partial charge < -0.3 is 21.9 Å². The van der Waals surface area contributed by atoms with Crippen molar-refractivity contribution in [3.63, 3.8) is 0 Å². The number of hydrogen-bond donors (Lipinski definition) is 0. The number of aryl methyl sites for hydroxylation is 2. The SMILES string of the molecule is Cc1cc[n+](CCC(=O)N2CCCCCC2)cc1.[Br-]. The van der Waals surface area contributed by atoms with Crippen molar-refractivity contribution < 1.29 is 26.3 Å². The highest BCUT2D eigenvalue weighted by Crippen LogP contribution is 2.10. The molecule has 1 amide bonds. The monoisotopic (exact) mass is 326 g/mol. The van der Waals surface area contributed by atoms with Crippen molar-refractivity contribution >= 4 is 5.91 Å². The Balaban J connectivity index is 0.00000180. The summed E-state index contributed by atoms with van der Waals surface area (Å²) in [5.74, 6) is 0.310. The highest BCUT2D eigenvalue weighted by Gasteiger charge is 2.16. The Hall–Kier alpha value is -0.900. The maximum absolute atomic E-state index is 12.1. The fourth-order valence-corrected chi connectivity index (χ4v) is 2.38. The Bertz CT molecular complexity index is 384. The summed E-state index contributed by atoms with van der Waals surface area (Å²) in [5, 5.41) is 0. The molecule has 0 N–H and O–H groups in total. The van der Waals surface area contributed by atoms with Gasteiger partial charge in [-0.3, -0.25) is 4.79 Å². The van der Waals surface area contributed by atoms with Crippen LogP contribution in [-0.4, -0.2) is 23.9 Å². The zero-order chi connectivity index (χ0) is 12.8. The predicted molar refractivity (Wildman–Crippen MR) is 71.0 cm³/mol. The summed E-state index contributed by atoms with van der Waals surface area (Å²) < 4.78 is 2.09. The molecule has 19 heavy (non-hydrogen) atoms. The van der Waals surface area contributed by atoms with Crippen molar-refractivity contribution in [2.24, 2.45) is 0 Å². The number of likely N-dealkylation sites (tertiary alicyclic amines) is 1. The van der Waals surface area contributed by atoms with Crippen LogP contribution in [-0.2, 0) is 11.3 Å². The second-order valence-electron chi connectivity index (χ2n) is 5.16. The number of rotatable bonds is 3. The van der Waals surface area contributed by atoms with Crippen LogP contribution in [0.25, 0.3) is 0 Å². The zero-order valence-corrected chi connectivity index (χ0v) is 13.2. The molecule has 0 aromatic carbocycles. The second kappa shape index (κ2) is 8.31. The Kier molecular flexibility index (Phi) is 7.06. The van der Waals surface area contributed by atoms with Gasteiger partial charge in [0.2, 0.25) is 5.91 Å². The van der Waals surface area contributed by atoms with Crippen molar-refractivity contribution in [3.8, 4) is 0 Å². The van der Waals surface area contributed by atoms with E-state index in [2.05, 4.69) is 23.6 Å². The minimum absolute atomic E-state index is 0. The molecule has 0 radical (unpaired) electrons. The first-order chi connectivity index (χ1) is 8.75. The van der Waals surface area contributed by atoms with E-state index in [1.807, 2.05) is 17.3 Å². The minimum Gasteiger partial charge on any atom is -1.00 e. The summed E-state index contributed by atoms with van der Waals surface area (Å²) >= 11 is 0. The van der Waals surface area contributed by atoms with Crippen LogP contribution < -0.4 is 21.5 Å². The summed E-state index contributed by atoms with van der Waals surface area (Å²) in [6.07, 6.45) is 9.60. The van der Waals surface area contributed by atoms with Gasteiger partial charge in [0.25, 0.3) is 0 Å². The van der Waals surface area contributed by atoms with Gasteiger partial charge in [0.05, 0.1) is 6.42 Å². The number of pyridine rings is 1. The van der Waals surface area contributed by atoms with E-state index in [1.165, 1.54) is 31.2 Å². The third-order valence-electron chi connectivity index (χ3n) is 3.60. The first kappa shape index (κ1) is 16.2. The molecule has 0 atom stereocenters. The van der Waals surface area contributed by atoms with Gasteiger partial charge in [0.15, 0.2) is 18.9 Å². The standard InChI is InChI=1S/C15H23N2O.BrH/c1-14-6-11-16(12-7-14)13-8-15(18)17-9-4-2-3-5-10-17;/h6-7,11-12H,2-5,8-10,13H2,1H3;1H/q+1;/p-1. The van der Waals surface area contributed by atoms with Gasteiger partial charge in [-0.2, -0.15) is 0 Å². The highest BCUT2D eigenvalue weighted by molar-refractivity contribution is 5.75.